The Hall–Kier alpha value is 0.137. The van der Waals surface area contributed by atoms with Gasteiger partial charge in [-0.15, -0.1) is 0 Å². The van der Waals surface area contributed by atoms with Gasteiger partial charge in [-0.05, 0) is 13.3 Å². The second kappa shape index (κ2) is 3.22. The lowest BCUT2D eigenvalue weighted by Crippen LogP contribution is -2.28. The Kier molecular flexibility index (Phi) is 3.27. The Labute approximate surface area is 53.7 Å². The fourth-order valence-electron chi connectivity index (χ4n) is 0.372. The largest absolute Gasteiger partial charge is 0.402 e. The molecule has 0 spiro atoms. The summed E-state index contributed by atoms with van der Waals surface area (Å²) in [6.45, 7) is 3.99. The summed E-state index contributed by atoms with van der Waals surface area (Å²) in [4.78, 5) is 0. The van der Waals surface area contributed by atoms with Crippen molar-refractivity contribution in [2.75, 3.05) is 7.11 Å². The van der Waals surface area contributed by atoms with Crippen LogP contribution in [0.25, 0.3) is 0 Å². The van der Waals surface area contributed by atoms with Crippen molar-refractivity contribution in [3.63, 3.8) is 0 Å². The number of hydrogen-bond acceptors (Lipinski definition) is 2. The third-order valence-electron chi connectivity index (χ3n) is 1.51. The van der Waals surface area contributed by atoms with Gasteiger partial charge in [0.1, 0.15) is 10.5 Å². The van der Waals surface area contributed by atoms with Crippen LogP contribution in [0.2, 0.25) is 0 Å². The molecule has 0 N–H and O–H groups in total. The van der Waals surface area contributed by atoms with Gasteiger partial charge >= 0.3 is 0 Å². The molecular weight excluding hydrogens is 120 g/mol. The molecule has 0 aromatic carbocycles. The summed E-state index contributed by atoms with van der Waals surface area (Å²) in [6, 6.07) is 0. The lowest BCUT2D eigenvalue weighted by Gasteiger charge is -2.24. The van der Waals surface area contributed by atoms with Gasteiger partial charge in [-0.25, -0.2) is 0 Å². The van der Waals surface area contributed by atoms with Crippen LogP contribution < -0.4 is 0 Å². The minimum atomic E-state index is -0.313. The molecule has 0 saturated carbocycles. The molecule has 0 aromatic rings. The van der Waals surface area contributed by atoms with Crippen molar-refractivity contribution >= 4 is 10.5 Å². The third-order valence-corrected chi connectivity index (χ3v) is 2.37. The molecule has 1 atom stereocenters. The summed E-state index contributed by atoms with van der Waals surface area (Å²) in [5, 5.41) is 0. The Morgan fingerprint density at radius 3 is 2.12 bits per heavy atom. The van der Waals surface area contributed by atoms with Crippen molar-refractivity contribution in [1.82, 2.24) is 0 Å². The minimum absolute atomic E-state index is 0.313. The average molecular weight is 134 g/mol. The zero-order valence-corrected chi connectivity index (χ0v) is 8.02. The first-order valence-electron chi connectivity index (χ1n) is 2.79. The van der Waals surface area contributed by atoms with E-state index >= 15 is 0 Å². The number of methoxy groups -OCH3 is 1. The highest BCUT2D eigenvalue weighted by molar-refractivity contribution is 5.98. The molecular formula is C5H14O2Si. The van der Waals surface area contributed by atoms with Crippen LogP contribution in [0, 0.1) is 0 Å². The van der Waals surface area contributed by atoms with Crippen LogP contribution in [-0.2, 0) is 9.16 Å². The molecule has 3 heteroatoms. The second-order valence-electron chi connectivity index (χ2n) is 1.90. The Morgan fingerprint density at radius 1 is 1.62 bits per heavy atom. The van der Waals surface area contributed by atoms with Gasteiger partial charge in [-0.3, -0.25) is 0 Å². The zero-order chi connectivity index (χ0) is 6.62. The number of ether oxygens (including phenoxy) is 1. The molecule has 0 aliphatic rings. The quantitative estimate of drug-likeness (QED) is 0.401. The van der Waals surface area contributed by atoms with Gasteiger partial charge in [-0.1, -0.05) is 6.92 Å². The molecule has 0 heterocycles. The van der Waals surface area contributed by atoms with Gasteiger partial charge in [0, 0.05) is 7.11 Å². The van der Waals surface area contributed by atoms with E-state index in [-0.39, 0.29) is 5.79 Å². The van der Waals surface area contributed by atoms with E-state index in [2.05, 4.69) is 0 Å². The van der Waals surface area contributed by atoms with Gasteiger partial charge in [0.25, 0.3) is 0 Å². The normalized spacial score (nSPS) is 18.4. The van der Waals surface area contributed by atoms with Crippen molar-refractivity contribution in [2.45, 2.75) is 26.1 Å². The molecule has 0 aliphatic heterocycles. The van der Waals surface area contributed by atoms with Crippen LogP contribution >= 0.6 is 0 Å². The van der Waals surface area contributed by atoms with Crippen LogP contribution in [0.1, 0.15) is 20.3 Å². The number of hydrogen-bond donors (Lipinski definition) is 0. The summed E-state index contributed by atoms with van der Waals surface area (Å²) in [6.07, 6.45) is 0.910. The highest BCUT2D eigenvalue weighted by Gasteiger charge is 2.17. The standard InChI is InChI=1S/C5H14O2Si/c1-4-5(2,6-3)7-8/h4H2,1-3,8H3. The lowest BCUT2D eigenvalue weighted by atomic mass is 10.2. The first kappa shape index (κ1) is 8.14. The molecule has 0 rings (SSSR count). The molecule has 8 heavy (non-hydrogen) atoms. The van der Waals surface area contributed by atoms with Crippen molar-refractivity contribution < 1.29 is 9.16 Å². The van der Waals surface area contributed by atoms with Gasteiger partial charge in [-0.2, -0.15) is 0 Å². The first-order valence-corrected chi connectivity index (χ1v) is 3.60. The molecule has 1 unspecified atom stereocenters. The topological polar surface area (TPSA) is 18.5 Å². The minimum Gasteiger partial charge on any atom is -0.402 e. The Morgan fingerprint density at radius 2 is 2.12 bits per heavy atom. The summed E-state index contributed by atoms with van der Waals surface area (Å²) in [5.41, 5.74) is 0. The average Bonchev–Trinajstić information content (AvgIpc) is 1.87. The molecule has 0 amide bonds. The molecule has 0 aliphatic carbocycles. The van der Waals surface area contributed by atoms with Gasteiger partial charge < -0.3 is 9.16 Å². The maximum absolute atomic E-state index is 5.15. The van der Waals surface area contributed by atoms with Crippen LogP contribution in [0.15, 0.2) is 0 Å². The van der Waals surface area contributed by atoms with Crippen LogP contribution in [0.3, 0.4) is 0 Å². The SMILES string of the molecule is CCC(C)(OC)O[SiH3]. The Bertz CT molecular complexity index is 53.2. The van der Waals surface area contributed by atoms with E-state index < -0.39 is 0 Å². The smallest absolute Gasteiger partial charge is 0.154 e. The van der Waals surface area contributed by atoms with E-state index in [9.17, 15) is 0 Å². The Balaban J connectivity index is 3.58. The number of rotatable bonds is 3. The van der Waals surface area contributed by atoms with E-state index in [1.165, 1.54) is 0 Å². The highest BCUT2D eigenvalue weighted by atomic mass is 28.2. The molecule has 0 aromatic heterocycles. The molecule has 2 nitrogen and oxygen atoms in total. The van der Waals surface area contributed by atoms with E-state index in [4.69, 9.17) is 9.16 Å². The molecule has 50 valence electrons. The fourth-order valence-corrected chi connectivity index (χ4v) is 0.827. The maximum Gasteiger partial charge on any atom is 0.154 e. The monoisotopic (exact) mass is 134 g/mol. The van der Waals surface area contributed by atoms with Crippen molar-refractivity contribution in [3.8, 4) is 0 Å². The highest BCUT2D eigenvalue weighted by Crippen LogP contribution is 2.12. The maximum atomic E-state index is 5.15. The van der Waals surface area contributed by atoms with Crippen molar-refractivity contribution in [3.05, 3.63) is 0 Å². The summed E-state index contributed by atoms with van der Waals surface area (Å²) >= 11 is 0. The molecule has 0 saturated heterocycles. The second-order valence-corrected chi connectivity index (χ2v) is 2.30. The molecule has 0 fully saturated rings. The van der Waals surface area contributed by atoms with Crippen LogP contribution in [0.4, 0.5) is 0 Å². The zero-order valence-electron chi connectivity index (χ0n) is 6.02. The third kappa shape index (κ3) is 1.94. The summed E-state index contributed by atoms with van der Waals surface area (Å²) < 4.78 is 10.2. The van der Waals surface area contributed by atoms with E-state index in [1.54, 1.807) is 7.11 Å². The van der Waals surface area contributed by atoms with Gasteiger partial charge in [0.2, 0.25) is 0 Å². The van der Waals surface area contributed by atoms with Crippen molar-refractivity contribution in [1.29, 1.82) is 0 Å². The predicted octanol–water partition coefficient (Wildman–Crippen LogP) is 0.0560. The van der Waals surface area contributed by atoms with E-state index in [1.807, 2.05) is 13.8 Å². The van der Waals surface area contributed by atoms with Crippen molar-refractivity contribution in [2.24, 2.45) is 0 Å². The van der Waals surface area contributed by atoms with E-state index in [0.717, 1.165) is 16.9 Å². The lowest BCUT2D eigenvalue weighted by molar-refractivity contribution is -0.148. The van der Waals surface area contributed by atoms with Gasteiger partial charge in [0.05, 0.1) is 0 Å². The summed E-state index contributed by atoms with van der Waals surface area (Å²) in [5.74, 6) is -0.313. The van der Waals surface area contributed by atoms with Crippen LogP contribution in [-0.4, -0.2) is 23.4 Å². The first-order chi connectivity index (χ1) is 3.68. The predicted molar refractivity (Wildman–Crippen MR) is 36.7 cm³/mol. The van der Waals surface area contributed by atoms with E-state index in [0.29, 0.717) is 0 Å². The van der Waals surface area contributed by atoms with Crippen LogP contribution in [0.5, 0.6) is 0 Å². The summed E-state index contributed by atoms with van der Waals surface area (Å²) in [7, 11) is 2.41. The van der Waals surface area contributed by atoms with Gasteiger partial charge in [0.15, 0.2) is 5.79 Å². The fraction of sp³-hybridized carbons (Fsp3) is 1.00. The molecule has 0 radical (unpaired) electrons. The molecule has 0 bridgehead atoms.